The lowest BCUT2D eigenvalue weighted by molar-refractivity contribution is 0.195. The Balaban J connectivity index is 2.38. The molecule has 0 aromatic heterocycles. The summed E-state index contributed by atoms with van der Waals surface area (Å²) in [6.07, 6.45) is -0.781. The second kappa shape index (κ2) is 5.41. The van der Waals surface area contributed by atoms with Crippen molar-refractivity contribution in [2.24, 2.45) is 0 Å². The highest BCUT2D eigenvalue weighted by molar-refractivity contribution is 5.43. The second-order valence-corrected chi connectivity index (χ2v) is 4.73. The van der Waals surface area contributed by atoms with Gasteiger partial charge in [-0.2, -0.15) is 0 Å². The standard InChI is InChI=1S/C16H17FO2/c1-10-4-6-15(11(2)8-10)19-16-7-5-13(17)9-14(16)12(3)18/h4-9,12,18H,1-3H3/t12-/m1/s1. The topological polar surface area (TPSA) is 29.5 Å². The predicted octanol–water partition coefficient (Wildman–Crippen LogP) is 4.29. The minimum atomic E-state index is -0.781. The van der Waals surface area contributed by atoms with E-state index in [0.29, 0.717) is 17.1 Å². The Hall–Kier alpha value is -1.87. The van der Waals surface area contributed by atoms with Gasteiger partial charge in [0.25, 0.3) is 0 Å². The van der Waals surface area contributed by atoms with Gasteiger partial charge in [-0.25, -0.2) is 4.39 Å². The largest absolute Gasteiger partial charge is 0.457 e. The summed E-state index contributed by atoms with van der Waals surface area (Å²) >= 11 is 0. The molecule has 0 bridgehead atoms. The van der Waals surface area contributed by atoms with E-state index in [1.807, 2.05) is 32.0 Å². The molecule has 0 aliphatic heterocycles. The first kappa shape index (κ1) is 13.6. The molecule has 2 rings (SSSR count). The smallest absolute Gasteiger partial charge is 0.133 e. The molecule has 0 saturated heterocycles. The molecule has 0 saturated carbocycles. The van der Waals surface area contributed by atoms with Crippen molar-refractivity contribution in [3.8, 4) is 11.5 Å². The van der Waals surface area contributed by atoms with Crippen LogP contribution < -0.4 is 4.74 Å². The molecule has 1 atom stereocenters. The van der Waals surface area contributed by atoms with E-state index in [0.717, 1.165) is 11.1 Å². The molecule has 2 nitrogen and oxygen atoms in total. The maximum absolute atomic E-state index is 13.2. The molecule has 0 heterocycles. The summed E-state index contributed by atoms with van der Waals surface area (Å²) in [5.74, 6) is 0.798. The molecule has 2 aromatic rings. The van der Waals surface area contributed by atoms with E-state index in [1.165, 1.54) is 18.2 Å². The van der Waals surface area contributed by atoms with Crippen LogP contribution in [-0.4, -0.2) is 5.11 Å². The average Bonchev–Trinajstić information content (AvgIpc) is 2.34. The first-order valence-electron chi connectivity index (χ1n) is 6.20. The molecule has 0 spiro atoms. The lowest BCUT2D eigenvalue weighted by Crippen LogP contribution is -1.98. The van der Waals surface area contributed by atoms with Crippen LogP contribution in [0.1, 0.15) is 29.7 Å². The lowest BCUT2D eigenvalue weighted by Gasteiger charge is -2.15. The Bertz CT molecular complexity index is 591. The summed E-state index contributed by atoms with van der Waals surface area (Å²) in [5.41, 5.74) is 2.60. The number of hydrogen-bond donors (Lipinski definition) is 1. The molecule has 100 valence electrons. The van der Waals surface area contributed by atoms with E-state index in [1.54, 1.807) is 6.92 Å². The number of ether oxygens (including phenoxy) is 1. The van der Waals surface area contributed by atoms with Crippen LogP contribution in [0, 0.1) is 19.7 Å². The van der Waals surface area contributed by atoms with E-state index in [9.17, 15) is 9.50 Å². The maximum Gasteiger partial charge on any atom is 0.133 e. The fourth-order valence-electron chi connectivity index (χ4n) is 1.97. The average molecular weight is 260 g/mol. The zero-order valence-corrected chi connectivity index (χ0v) is 11.3. The van der Waals surface area contributed by atoms with Gasteiger partial charge in [0.15, 0.2) is 0 Å². The Morgan fingerprint density at radius 2 is 1.74 bits per heavy atom. The molecule has 0 aliphatic carbocycles. The minimum absolute atomic E-state index is 0.385. The van der Waals surface area contributed by atoms with Crippen molar-refractivity contribution >= 4 is 0 Å². The van der Waals surface area contributed by atoms with Crippen molar-refractivity contribution in [2.45, 2.75) is 26.9 Å². The van der Waals surface area contributed by atoms with Gasteiger partial charge in [0.1, 0.15) is 17.3 Å². The maximum atomic E-state index is 13.2. The normalized spacial score (nSPS) is 12.3. The molecule has 0 aliphatic rings. The van der Waals surface area contributed by atoms with Crippen LogP contribution in [0.4, 0.5) is 4.39 Å². The molecule has 1 N–H and O–H groups in total. The summed E-state index contributed by atoms with van der Waals surface area (Å²) in [5, 5.41) is 9.67. The van der Waals surface area contributed by atoms with Crippen LogP contribution in [0.3, 0.4) is 0 Å². The van der Waals surface area contributed by atoms with Gasteiger partial charge in [-0.05, 0) is 50.6 Å². The monoisotopic (exact) mass is 260 g/mol. The lowest BCUT2D eigenvalue weighted by atomic mass is 10.1. The number of aryl methyl sites for hydroxylation is 2. The number of halogens is 1. The van der Waals surface area contributed by atoms with E-state index >= 15 is 0 Å². The van der Waals surface area contributed by atoms with Gasteiger partial charge in [0.05, 0.1) is 6.10 Å². The highest BCUT2D eigenvalue weighted by Crippen LogP contribution is 2.32. The van der Waals surface area contributed by atoms with Gasteiger partial charge < -0.3 is 9.84 Å². The van der Waals surface area contributed by atoms with Crippen LogP contribution >= 0.6 is 0 Å². The third-order valence-electron chi connectivity index (χ3n) is 2.97. The number of aliphatic hydroxyl groups excluding tert-OH is 1. The second-order valence-electron chi connectivity index (χ2n) is 4.73. The molecule has 3 heteroatoms. The van der Waals surface area contributed by atoms with Gasteiger partial charge in [-0.1, -0.05) is 17.7 Å². The molecule has 0 radical (unpaired) electrons. The Kier molecular flexibility index (Phi) is 3.86. The fourth-order valence-corrected chi connectivity index (χ4v) is 1.97. The number of rotatable bonds is 3. The number of aliphatic hydroxyl groups is 1. The highest BCUT2D eigenvalue weighted by atomic mass is 19.1. The Morgan fingerprint density at radius 3 is 2.37 bits per heavy atom. The molecule has 0 amide bonds. The summed E-state index contributed by atoms with van der Waals surface area (Å²) in [6.45, 7) is 5.55. The quantitative estimate of drug-likeness (QED) is 0.892. The molecule has 0 fully saturated rings. The summed E-state index contributed by atoms with van der Waals surface area (Å²) < 4.78 is 19.0. The van der Waals surface area contributed by atoms with Crippen LogP contribution in [0.2, 0.25) is 0 Å². The van der Waals surface area contributed by atoms with E-state index in [2.05, 4.69) is 0 Å². The van der Waals surface area contributed by atoms with Crippen LogP contribution in [0.25, 0.3) is 0 Å². The Labute approximate surface area is 112 Å². The molecular formula is C16H17FO2. The van der Waals surface area contributed by atoms with E-state index in [4.69, 9.17) is 4.74 Å². The minimum Gasteiger partial charge on any atom is -0.457 e. The summed E-state index contributed by atoms with van der Waals surface area (Å²) in [6, 6.07) is 10.00. The van der Waals surface area contributed by atoms with E-state index in [-0.39, 0.29) is 5.82 Å². The molecule has 19 heavy (non-hydrogen) atoms. The zero-order valence-electron chi connectivity index (χ0n) is 11.3. The van der Waals surface area contributed by atoms with Crippen LogP contribution in [-0.2, 0) is 0 Å². The van der Waals surface area contributed by atoms with Gasteiger partial charge in [0, 0.05) is 5.56 Å². The first-order valence-corrected chi connectivity index (χ1v) is 6.20. The van der Waals surface area contributed by atoms with Crippen molar-refractivity contribution in [2.75, 3.05) is 0 Å². The van der Waals surface area contributed by atoms with Crippen molar-refractivity contribution in [3.05, 3.63) is 58.9 Å². The SMILES string of the molecule is Cc1ccc(Oc2ccc(F)cc2[C@@H](C)O)c(C)c1. The molecule has 0 unspecified atom stereocenters. The van der Waals surface area contributed by atoms with Gasteiger partial charge in [-0.3, -0.25) is 0 Å². The van der Waals surface area contributed by atoms with Crippen LogP contribution in [0.5, 0.6) is 11.5 Å². The van der Waals surface area contributed by atoms with Crippen molar-refractivity contribution in [3.63, 3.8) is 0 Å². The van der Waals surface area contributed by atoms with Crippen LogP contribution in [0.15, 0.2) is 36.4 Å². The molecule has 2 aromatic carbocycles. The third kappa shape index (κ3) is 3.12. The third-order valence-corrected chi connectivity index (χ3v) is 2.97. The van der Waals surface area contributed by atoms with Gasteiger partial charge in [-0.15, -0.1) is 0 Å². The van der Waals surface area contributed by atoms with Crippen molar-refractivity contribution in [1.82, 2.24) is 0 Å². The number of hydrogen-bond acceptors (Lipinski definition) is 2. The Morgan fingerprint density at radius 1 is 1.05 bits per heavy atom. The van der Waals surface area contributed by atoms with Crippen molar-refractivity contribution in [1.29, 1.82) is 0 Å². The van der Waals surface area contributed by atoms with E-state index < -0.39 is 6.10 Å². The fraction of sp³-hybridized carbons (Fsp3) is 0.250. The van der Waals surface area contributed by atoms with Gasteiger partial charge >= 0.3 is 0 Å². The number of benzene rings is 2. The molecular weight excluding hydrogens is 243 g/mol. The summed E-state index contributed by atoms with van der Waals surface area (Å²) in [4.78, 5) is 0. The van der Waals surface area contributed by atoms with Crippen molar-refractivity contribution < 1.29 is 14.2 Å². The summed E-state index contributed by atoms with van der Waals surface area (Å²) in [7, 11) is 0. The zero-order chi connectivity index (χ0) is 14.0. The first-order chi connectivity index (χ1) is 8.97. The predicted molar refractivity (Wildman–Crippen MR) is 73.0 cm³/mol. The highest BCUT2D eigenvalue weighted by Gasteiger charge is 2.12. The van der Waals surface area contributed by atoms with Gasteiger partial charge in [0.2, 0.25) is 0 Å².